The Balaban J connectivity index is 1.57. The molecule has 4 amide bonds. The summed E-state index contributed by atoms with van der Waals surface area (Å²) >= 11 is 0. The van der Waals surface area contributed by atoms with Crippen LogP contribution in [0, 0.1) is 0 Å². The molecule has 0 spiro atoms. The molecule has 3 aliphatic heterocycles. The molecular weight excluding hydrogens is 376 g/mol. The number of hydrogen-bond acceptors (Lipinski definition) is 5. The van der Waals surface area contributed by atoms with Crippen LogP contribution in [-0.2, 0) is 14.4 Å². The van der Waals surface area contributed by atoms with Gasteiger partial charge in [-0.1, -0.05) is 0 Å². The highest BCUT2D eigenvalue weighted by Gasteiger charge is 2.52. The summed E-state index contributed by atoms with van der Waals surface area (Å²) in [6.45, 7) is 2.07. The van der Waals surface area contributed by atoms with Gasteiger partial charge in [0.25, 0.3) is 5.91 Å². The highest BCUT2D eigenvalue weighted by atomic mass is 16.5. The topological polar surface area (TPSA) is 108 Å². The van der Waals surface area contributed by atoms with Gasteiger partial charge in [-0.2, -0.15) is 0 Å². The maximum atomic E-state index is 13.3. The third kappa shape index (κ3) is 3.41. The molecule has 0 saturated carbocycles. The summed E-state index contributed by atoms with van der Waals surface area (Å²) in [4.78, 5) is 53.6. The molecular formula is C20H24N4O5. The Kier molecular flexibility index (Phi) is 4.89. The summed E-state index contributed by atoms with van der Waals surface area (Å²) < 4.78 is 5.13. The number of rotatable bonds is 3. The molecule has 0 radical (unpaired) electrons. The van der Waals surface area contributed by atoms with Crippen LogP contribution in [0.4, 0.5) is 0 Å². The molecule has 9 heteroatoms. The van der Waals surface area contributed by atoms with Crippen molar-refractivity contribution in [2.75, 3.05) is 20.2 Å². The molecule has 0 aromatic heterocycles. The van der Waals surface area contributed by atoms with Gasteiger partial charge in [0.05, 0.1) is 13.2 Å². The van der Waals surface area contributed by atoms with Crippen LogP contribution < -0.4 is 15.4 Å². The number of benzene rings is 1. The molecule has 3 aliphatic rings. The molecule has 3 saturated heterocycles. The second-order valence-electron chi connectivity index (χ2n) is 7.72. The van der Waals surface area contributed by atoms with E-state index in [-0.39, 0.29) is 36.2 Å². The number of likely N-dealkylation sites (tertiary alicyclic amines) is 1. The van der Waals surface area contributed by atoms with Crippen LogP contribution in [0.5, 0.6) is 5.75 Å². The van der Waals surface area contributed by atoms with Gasteiger partial charge in [-0.3, -0.25) is 19.2 Å². The molecule has 3 heterocycles. The first-order valence-electron chi connectivity index (χ1n) is 9.72. The second-order valence-corrected chi connectivity index (χ2v) is 7.72. The lowest BCUT2D eigenvalue weighted by molar-refractivity contribution is -0.138. The van der Waals surface area contributed by atoms with Crippen molar-refractivity contribution in [2.24, 2.45) is 0 Å². The molecule has 154 valence electrons. The van der Waals surface area contributed by atoms with Crippen LogP contribution in [0.25, 0.3) is 0 Å². The summed E-state index contributed by atoms with van der Waals surface area (Å²) in [5.41, 5.74) is 0.462. The second kappa shape index (κ2) is 7.38. The third-order valence-electron chi connectivity index (χ3n) is 5.87. The smallest absolute Gasteiger partial charge is 0.254 e. The summed E-state index contributed by atoms with van der Waals surface area (Å²) in [5, 5.41) is 5.73. The fraction of sp³-hybridized carbons (Fsp3) is 0.500. The number of fused-ring (bicyclic) bond motifs is 2. The van der Waals surface area contributed by atoms with Gasteiger partial charge in [0.2, 0.25) is 17.7 Å². The van der Waals surface area contributed by atoms with E-state index in [0.29, 0.717) is 30.7 Å². The highest BCUT2D eigenvalue weighted by molar-refractivity contribution is 6.01. The lowest BCUT2D eigenvalue weighted by Gasteiger charge is -2.29. The van der Waals surface area contributed by atoms with Crippen molar-refractivity contribution in [1.29, 1.82) is 0 Å². The Morgan fingerprint density at radius 1 is 1.21 bits per heavy atom. The van der Waals surface area contributed by atoms with E-state index < -0.39 is 18.1 Å². The Hall–Kier alpha value is -3.10. The monoisotopic (exact) mass is 400 g/mol. The van der Waals surface area contributed by atoms with Crippen molar-refractivity contribution in [3.8, 4) is 5.75 Å². The lowest BCUT2D eigenvalue weighted by Crippen LogP contribution is -2.52. The molecule has 2 N–H and O–H groups in total. The molecule has 0 unspecified atom stereocenters. The largest absolute Gasteiger partial charge is 0.497 e. The number of amides is 4. The fourth-order valence-electron chi connectivity index (χ4n) is 4.55. The molecule has 29 heavy (non-hydrogen) atoms. The average Bonchev–Trinajstić information content (AvgIpc) is 3.29. The normalized spacial score (nSPS) is 28.3. The van der Waals surface area contributed by atoms with Gasteiger partial charge in [0.15, 0.2) is 0 Å². The quantitative estimate of drug-likeness (QED) is 0.712. The highest BCUT2D eigenvalue weighted by Crippen LogP contribution is 2.30. The Labute approximate surface area is 168 Å². The van der Waals surface area contributed by atoms with E-state index in [4.69, 9.17) is 4.74 Å². The first kappa shape index (κ1) is 19.2. The van der Waals surface area contributed by atoms with Gasteiger partial charge in [-0.05, 0) is 37.1 Å². The predicted molar refractivity (Wildman–Crippen MR) is 102 cm³/mol. The standard InChI is InChI=1S/C20H24N4O5/c1-11(25)21-13-9-16-18(26)22-15-7-8-23(17(15)20(28)24(16)10-13)19(27)12-3-5-14(29-2)6-4-12/h3-6,13,15-17H,7-10H2,1-2H3,(H,21,25)(H,22,26)/t13-,15-,16+,17-/m0/s1. The van der Waals surface area contributed by atoms with Crippen molar-refractivity contribution < 1.29 is 23.9 Å². The number of nitrogens with zero attached hydrogens (tertiary/aromatic N) is 2. The Bertz CT molecular complexity index is 855. The van der Waals surface area contributed by atoms with E-state index in [1.54, 1.807) is 36.3 Å². The van der Waals surface area contributed by atoms with Crippen LogP contribution in [0.3, 0.4) is 0 Å². The summed E-state index contributed by atoms with van der Waals surface area (Å²) in [5.74, 6) is -0.278. The van der Waals surface area contributed by atoms with Crippen LogP contribution in [0.15, 0.2) is 24.3 Å². The van der Waals surface area contributed by atoms with E-state index in [0.717, 1.165) is 0 Å². The number of ether oxygens (including phenoxy) is 1. The SMILES string of the molecule is COc1ccc(C(=O)N2CC[C@@H]3NC(=O)[C@H]4C[C@H](NC(C)=O)CN4C(=O)[C@H]32)cc1. The number of hydrogen-bond donors (Lipinski definition) is 2. The van der Waals surface area contributed by atoms with Gasteiger partial charge in [-0.25, -0.2) is 0 Å². The zero-order valence-corrected chi connectivity index (χ0v) is 16.4. The summed E-state index contributed by atoms with van der Waals surface area (Å²) in [6.07, 6.45) is 0.906. The van der Waals surface area contributed by atoms with E-state index in [1.807, 2.05) is 0 Å². The van der Waals surface area contributed by atoms with Crippen molar-refractivity contribution in [3.63, 3.8) is 0 Å². The van der Waals surface area contributed by atoms with Gasteiger partial charge in [0.1, 0.15) is 17.8 Å². The molecule has 1 aromatic rings. The van der Waals surface area contributed by atoms with E-state index >= 15 is 0 Å². The maximum absolute atomic E-state index is 13.3. The minimum atomic E-state index is -0.741. The number of carbonyl (C=O) groups is 4. The van der Waals surface area contributed by atoms with Gasteiger partial charge < -0.3 is 25.2 Å². The van der Waals surface area contributed by atoms with Gasteiger partial charge in [-0.15, -0.1) is 0 Å². The maximum Gasteiger partial charge on any atom is 0.254 e. The van der Waals surface area contributed by atoms with Crippen molar-refractivity contribution in [2.45, 2.75) is 43.9 Å². The van der Waals surface area contributed by atoms with Crippen LogP contribution in [0.1, 0.15) is 30.1 Å². The molecule has 0 bridgehead atoms. The van der Waals surface area contributed by atoms with E-state index in [1.165, 1.54) is 11.8 Å². The summed E-state index contributed by atoms with van der Waals surface area (Å²) in [6, 6.07) is 4.70. The minimum Gasteiger partial charge on any atom is -0.497 e. The van der Waals surface area contributed by atoms with Gasteiger partial charge in [0, 0.05) is 31.6 Å². The van der Waals surface area contributed by atoms with Gasteiger partial charge >= 0.3 is 0 Å². The average molecular weight is 400 g/mol. The molecule has 0 aliphatic carbocycles. The fourth-order valence-corrected chi connectivity index (χ4v) is 4.55. The van der Waals surface area contributed by atoms with Crippen LogP contribution in [0.2, 0.25) is 0 Å². The minimum absolute atomic E-state index is 0.199. The number of carbonyl (C=O) groups excluding carboxylic acids is 4. The van der Waals surface area contributed by atoms with Crippen molar-refractivity contribution >= 4 is 23.6 Å². The Morgan fingerprint density at radius 3 is 2.59 bits per heavy atom. The molecule has 4 atom stereocenters. The van der Waals surface area contributed by atoms with E-state index in [2.05, 4.69) is 10.6 Å². The third-order valence-corrected chi connectivity index (χ3v) is 5.87. The Morgan fingerprint density at radius 2 is 1.93 bits per heavy atom. The zero-order valence-electron chi connectivity index (χ0n) is 16.4. The summed E-state index contributed by atoms with van der Waals surface area (Å²) in [7, 11) is 1.55. The van der Waals surface area contributed by atoms with E-state index in [9.17, 15) is 19.2 Å². The molecule has 4 rings (SSSR count). The molecule has 9 nitrogen and oxygen atoms in total. The molecule has 3 fully saturated rings. The van der Waals surface area contributed by atoms with Crippen LogP contribution in [-0.4, -0.2) is 77.8 Å². The number of methoxy groups -OCH3 is 1. The lowest BCUT2D eigenvalue weighted by atomic mass is 10.1. The molecule has 1 aromatic carbocycles. The number of nitrogens with one attached hydrogen (secondary N) is 2. The predicted octanol–water partition coefficient (Wildman–Crippen LogP) is -0.486. The van der Waals surface area contributed by atoms with Crippen LogP contribution >= 0.6 is 0 Å². The van der Waals surface area contributed by atoms with Crippen molar-refractivity contribution in [1.82, 2.24) is 20.4 Å². The first-order valence-corrected chi connectivity index (χ1v) is 9.72. The zero-order chi connectivity index (χ0) is 20.7. The first-order chi connectivity index (χ1) is 13.9. The van der Waals surface area contributed by atoms with Crippen molar-refractivity contribution in [3.05, 3.63) is 29.8 Å².